The Kier molecular flexibility index (Phi) is 4.19. The number of piperidine rings is 1. The maximum Gasteiger partial charge on any atom is 0.250 e. The molecule has 2 N–H and O–H groups in total. The lowest BCUT2D eigenvalue weighted by Gasteiger charge is -2.23. The van der Waals surface area contributed by atoms with Crippen LogP contribution < -0.4 is 10.0 Å². The predicted octanol–water partition coefficient (Wildman–Crippen LogP) is 1.34. The van der Waals surface area contributed by atoms with Gasteiger partial charge in [-0.2, -0.15) is 0 Å². The molecule has 17 heavy (non-hydrogen) atoms. The molecule has 0 aromatic carbocycles. The third-order valence-corrected chi connectivity index (χ3v) is 6.11. The fraction of sp³-hybridized carbons (Fsp3) is 0.636. The van der Waals surface area contributed by atoms with E-state index >= 15 is 0 Å². The summed E-state index contributed by atoms with van der Waals surface area (Å²) < 4.78 is 27.4. The number of sulfonamides is 1. The Balaban J connectivity index is 2.07. The first-order valence-electron chi connectivity index (χ1n) is 5.93. The van der Waals surface area contributed by atoms with Gasteiger partial charge in [0.05, 0.1) is 0 Å². The summed E-state index contributed by atoms with van der Waals surface area (Å²) in [7, 11) is -3.32. The topological polar surface area (TPSA) is 58.2 Å². The molecule has 96 valence electrons. The van der Waals surface area contributed by atoms with Crippen LogP contribution in [0.1, 0.15) is 24.6 Å². The zero-order valence-electron chi connectivity index (χ0n) is 9.90. The molecule has 0 unspecified atom stereocenters. The molecule has 6 heteroatoms. The number of hydrogen-bond donors (Lipinski definition) is 2. The van der Waals surface area contributed by atoms with Crippen LogP contribution in [0.4, 0.5) is 0 Å². The molecular formula is C11H18N2O2S2. The quantitative estimate of drug-likeness (QED) is 0.871. The summed E-state index contributed by atoms with van der Waals surface area (Å²) in [5, 5.41) is 3.20. The van der Waals surface area contributed by atoms with Crippen molar-refractivity contribution in [3.63, 3.8) is 0 Å². The van der Waals surface area contributed by atoms with Crippen molar-refractivity contribution in [2.24, 2.45) is 0 Å². The molecule has 1 atom stereocenters. The van der Waals surface area contributed by atoms with Crippen LogP contribution >= 0.6 is 11.3 Å². The molecule has 0 bridgehead atoms. The minimum atomic E-state index is -3.32. The number of aryl methyl sites for hydroxylation is 1. The highest BCUT2D eigenvalue weighted by atomic mass is 32.2. The van der Waals surface area contributed by atoms with Crippen molar-refractivity contribution in [2.75, 3.05) is 13.1 Å². The number of rotatable bonds is 4. The zero-order valence-corrected chi connectivity index (χ0v) is 11.5. The average molecular weight is 274 g/mol. The van der Waals surface area contributed by atoms with Crippen molar-refractivity contribution in [1.29, 1.82) is 0 Å². The fourth-order valence-electron chi connectivity index (χ4n) is 1.92. The zero-order chi connectivity index (χ0) is 12.3. The summed E-state index contributed by atoms with van der Waals surface area (Å²) in [5.74, 6) is 0. The molecule has 0 spiro atoms. The molecule has 1 fully saturated rings. The Morgan fingerprint density at radius 3 is 2.94 bits per heavy atom. The van der Waals surface area contributed by atoms with E-state index in [1.54, 1.807) is 6.07 Å². The van der Waals surface area contributed by atoms with E-state index < -0.39 is 10.0 Å². The highest BCUT2D eigenvalue weighted by molar-refractivity contribution is 7.91. The van der Waals surface area contributed by atoms with Gasteiger partial charge in [0.15, 0.2) is 0 Å². The first-order chi connectivity index (χ1) is 8.12. The SMILES string of the molecule is CCc1ccc(S(=O)(=O)N[C@@H]2CCCNC2)s1. The maximum absolute atomic E-state index is 12.1. The van der Waals surface area contributed by atoms with Crippen molar-refractivity contribution < 1.29 is 8.42 Å². The van der Waals surface area contributed by atoms with E-state index in [-0.39, 0.29) is 6.04 Å². The Bertz CT molecular complexity index is 462. The van der Waals surface area contributed by atoms with Gasteiger partial charge in [-0.3, -0.25) is 0 Å². The van der Waals surface area contributed by atoms with Gasteiger partial charge in [-0.05, 0) is 37.9 Å². The second-order valence-corrected chi connectivity index (χ2v) is 7.35. The third kappa shape index (κ3) is 3.28. The van der Waals surface area contributed by atoms with Gasteiger partial charge in [0, 0.05) is 17.5 Å². The highest BCUT2D eigenvalue weighted by Crippen LogP contribution is 2.22. The summed E-state index contributed by atoms with van der Waals surface area (Å²) in [6.45, 7) is 3.74. The Hall–Kier alpha value is -0.430. The van der Waals surface area contributed by atoms with Crippen LogP contribution in [0.2, 0.25) is 0 Å². The van der Waals surface area contributed by atoms with Crippen molar-refractivity contribution in [3.05, 3.63) is 17.0 Å². The molecule has 1 saturated heterocycles. The van der Waals surface area contributed by atoms with Crippen LogP contribution in [-0.4, -0.2) is 27.5 Å². The van der Waals surface area contributed by atoms with Gasteiger partial charge in [-0.15, -0.1) is 11.3 Å². The summed E-state index contributed by atoms with van der Waals surface area (Å²) in [6.07, 6.45) is 2.82. The second-order valence-electron chi connectivity index (χ2n) is 4.24. The van der Waals surface area contributed by atoms with Crippen LogP contribution in [0.25, 0.3) is 0 Å². The van der Waals surface area contributed by atoms with Crippen LogP contribution in [0.15, 0.2) is 16.3 Å². The van der Waals surface area contributed by atoms with E-state index in [9.17, 15) is 8.42 Å². The molecule has 0 aliphatic carbocycles. The molecule has 1 aromatic rings. The normalized spacial score (nSPS) is 21.6. The largest absolute Gasteiger partial charge is 0.315 e. The Morgan fingerprint density at radius 2 is 2.35 bits per heavy atom. The molecule has 0 saturated carbocycles. The molecule has 0 radical (unpaired) electrons. The first-order valence-corrected chi connectivity index (χ1v) is 8.23. The Labute approximate surface area is 106 Å². The minimum Gasteiger partial charge on any atom is -0.315 e. The van der Waals surface area contributed by atoms with Gasteiger partial charge in [0.1, 0.15) is 4.21 Å². The molecule has 2 rings (SSSR count). The predicted molar refractivity (Wildman–Crippen MR) is 69.9 cm³/mol. The monoisotopic (exact) mass is 274 g/mol. The van der Waals surface area contributed by atoms with E-state index in [1.807, 2.05) is 13.0 Å². The van der Waals surface area contributed by atoms with Crippen LogP contribution in [0.3, 0.4) is 0 Å². The van der Waals surface area contributed by atoms with Gasteiger partial charge in [-0.25, -0.2) is 13.1 Å². The second kappa shape index (κ2) is 5.48. The molecule has 0 amide bonds. The molecule has 1 aromatic heterocycles. The van der Waals surface area contributed by atoms with Crippen LogP contribution in [-0.2, 0) is 16.4 Å². The standard InChI is InChI=1S/C11H18N2O2S2/c1-2-10-5-6-11(16-10)17(14,15)13-9-4-3-7-12-8-9/h5-6,9,12-13H,2-4,7-8H2,1H3/t9-/m1/s1. The smallest absolute Gasteiger partial charge is 0.250 e. The van der Waals surface area contributed by atoms with Gasteiger partial charge < -0.3 is 5.32 Å². The minimum absolute atomic E-state index is 0.0286. The average Bonchev–Trinajstić information content (AvgIpc) is 2.79. The van der Waals surface area contributed by atoms with Crippen molar-refractivity contribution >= 4 is 21.4 Å². The van der Waals surface area contributed by atoms with Crippen molar-refractivity contribution in [2.45, 2.75) is 36.4 Å². The lowest BCUT2D eigenvalue weighted by molar-refractivity contribution is 0.429. The summed E-state index contributed by atoms with van der Waals surface area (Å²) in [4.78, 5) is 1.10. The van der Waals surface area contributed by atoms with Crippen LogP contribution in [0.5, 0.6) is 0 Å². The summed E-state index contributed by atoms with van der Waals surface area (Å²) in [6, 6.07) is 3.61. The van der Waals surface area contributed by atoms with Gasteiger partial charge in [-0.1, -0.05) is 6.92 Å². The lowest BCUT2D eigenvalue weighted by Crippen LogP contribution is -2.45. The number of hydrogen-bond acceptors (Lipinski definition) is 4. The molecule has 1 aliphatic rings. The van der Waals surface area contributed by atoms with E-state index in [4.69, 9.17) is 0 Å². The number of thiophene rings is 1. The van der Waals surface area contributed by atoms with Gasteiger partial charge in [0.2, 0.25) is 10.0 Å². The van der Waals surface area contributed by atoms with Crippen LogP contribution in [0, 0.1) is 0 Å². The number of nitrogens with one attached hydrogen (secondary N) is 2. The molecule has 2 heterocycles. The molecular weight excluding hydrogens is 256 g/mol. The maximum atomic E-state index is 12.1. The van der Waals surface area contributed by atoms with Crippen molar-refractivity contribution in [3.8, 4) is 0 Å². The molecule has 4 nitrogen and oxygen atoms in total. The highest BCUT2D eigenvalue weighted by Gasteiger charge is 2.22. The third-order valence-electron chi connectivity index (χ3n) is 2.87. The van der Waals surface area contributed by atoms with E-state index in [0.29, 0.717) is 4.21 Å². The fourth-order valence-corrected chi connectivity index (χ4v) is 4.51. The van der Waals surface area contributed by atoms with Gasteiger partial charge in [0.25, 0.3) is 0 Å². The molecule has 1 aliphatic heterocycles. The summed E-state index contributed by atoms with van der Waals surface area (Å²) >= 11 is 1.36. The lowest BCUT2D eigenvalue weighted by atomic mass is 10.1. The van der Waals surface area contributed by atoms with Gasteiger partial charge >= 0.3 is 0 Å². The summed E-state index contributed by atoms with van der Waals surface area (Å²) in [5.41, 5.74) is 0. The van der Waals surface area contributed by atoms with E-state index in [0.717, 1.165) is 37.2 Å². The van der Waals surface area contributed by atoms with Crippen molar-refractivity contribution in [1.82, 2.24) is 10.0 Å². The van der Waals surface area contributed by atoms with E-state index in [1.165, 1.54) is 11.3 Å². The first kappa shape index (κ1) is 13.0. The van der Waals surface area contributed by atoms with E-state index in [2.05, 4.69) is 10.0 Å². The Morgan fingerprint density at radius 1 is 1.53 bits per heavy atom.